The molecule has 18 heavy (non-hydrogen) atoms. The molecule has 0 bridgehead atoms. The van der Waals surface area contributed by atoms with E-state index in [2.05, 4.69) is 20.2 Å². The van der Waals surface area contributed by atoms with E-state index in [0.717, 1.165) is 36.8 Å². The second-order valence-electron chi connectivity index (χ2n) is 4.47. The van der Waals surface area contributed by atoms with E-state index < -0.39 is 0 Å². The number of primary amides is 1. The number of hydrogen-bond donors (Lipinski definition) is 2. The molecule has 98 valence electrons. The molecule has 2 heterocycles. The lowest BCUT2D eigenvalue weighted by Gasteiger charge is -2.18. The predicted octanol–water partition coefficient (Wildman–Crippen LogP) is 0.392. The number of carbonyl (C=O) groups excluding carboxylic acids is 1. The molecule has 6 heteroatoms. The van der Waals surface area contributed by atoms with Gasteiger partial charge in [-0.15, -0.1) is 0 Å². The van der Waals surface area contributed by atoms with Crippen LogP contribution in [0.15, 0.2) is 6.07 Å². The summed E-state index contributed by atoms with van der Waals surface area (Å²) in [5, 5.41) is 3.03. The zero-order chi connectivity index (χ0) is 13.1. The van der Waals surface area contributed by atoms with Gasteiger partial charge in [-0.05, 0) is 6.42 Å². The summed E-state index contributed by atoms with van der Waals surface area (Å²) in [7, 11) is 1.84. The van der Waals surface area contributed by atoms with Crippen molar-refractivity contribution in [1.82, 2.24) is 9.97 Å². The molecule has 1 aliphatic heterocycles. The molecule has 3 N–H and O–H groups in total. The van der Waals surface area contributed by atoms with Crippen LogP contribution in [0.25, 0.3) is 0 Å². The van der Waals surface area contributed by atoms with Gasteiger partial charge in [-0.1, -0.05) is 6.92 Å². The van der Waals surface area contributed by atoms with Crippen molar-refractivity contribution in [3.8, 4) is 0 Å². The largest absolute Gasteiger partial charge is 0.373 e. The minimum atomic E-state index is -0.226. The second kappa shape index (κ2) is 5.20. The third-order valence-electron chi connectivity index (χ3n) is 3.25. The molecule has 1 fully saturated rings. The number of carbonyl (C=O) groups is 1. The van der Waals surface area contributed by atoms with Crippen LogP contribution in [-0.4, -0.2) is 36.0 Å². The van der Waals surface area contributed by atoms with Gasteiger partial charge in [-0.2, -0.15) is 0 Å². The number of nitrogens with zero attached hydrogens (tertiary/aromatic N) is 3. The zero-order valence-electron chi connectivity index (χ0n) is 10.8. The Balaban J connectivity index is 2.20. The number of hydrogen-bond acceptors (Lipinski definition) is 5. The minimum Gasteiger partial charge on any atom is -0.373 e. The third kappa shape index (κ3) is 2.52. The Kier molecular flexibility index (Phi) is 3.64. The Hall–Kier alpha value is -1.85. The first-order chi connectivity index (χ1) is 8.63. The van der Waals surface area contributed by atoms with E-state index in [1.54, 1.807) is 0 Å². The Morgan fingerprint density at radius 3 is 2.94 bits per heavy atom. The maximum Gasteiger partial charge on any atom is 0.222 e. The van der Waals surface area contributed by atoms with Gasteiger partial charge in [0.05, 0.1) is 5.92 Å². The van der Waals surface area contributed by atoms with E-state index in [1.165, 1.54) is 0 Å². The van der Waals surface area contributed by atoms with Crippen molar-refractivity contribution < 1.29 is 4.79 Å². The van der Waals surface area contributed by atoms with Crippen molar-refractivity contribution >= 4 is 17.5 Å². The average Bonchev–Trinajstić information content (AvgIpc) is 2.87. The predicted molar refractivity (Wildman–Crippen MR) is 70.5 cm³/mol. The van der Waals surface area contributed by atoms with E-state index in [-0.39, 0.29) is 11.8 Å². The molecule has 1 aromatic heterocycles. The summed E-state index contributed by atoms with van der Waals surface area (Å²) in [6.45, 7) is 3.49. The van der Waals surface area contributed by atoms with E-state index >= 15 is 0 Å². The second-order valence-corrected chi connectivity index (χ2v) is 4.47. The van der Waals surface area contributed by atoms with Gasteiger partial charge in [0.1, 0.15) is 17.5 Å². The van der Waals surface area contributed by atoms with Gasteiger partial charge in [0, 0.05) is 32.6 Å². The van der Waals surface area contributed by atoms with Crippen LogP contribution in [0.3, 0.4) is 0 Å². The van der Waals surface area contributed by atoms with Crippen LogP contribution in [0, 0.1) is 5.92 Å². The monoisotopic (exact) mass is 249 g/mol. The highest BCUT2D eigenvalue weighted by Crippen LogP contribution is 2.23. The highest BCUT2D eigenvalue weighted by Gasteiger charge is 2.27. The lowest BCUT2D eigenvalue weighted by molar-refractivity contribution is -0.121. The van der Waals surface area contributed by atoms with Gasteiger partial charge >= 0.3 is 0 Å². The van der Waals surface area contributed by atoms with Crippen LogP contribution in [-0.2, 0) is 11.2 Å². The smallest absolute Gasteiger partial charge is 0.222 e. The average molecular weight is 249 g/mol. The number of rotatable bonds is 4. The van der Waals surface area contributed by atoms with Crippen LogP contribution >= 0.6 is 0 Å². The Labute approximate surface area is 107 Å². The van der Waals surface area contributed by atoms with Crippen LogP contribution in [0.4, 0.5) is 11.6 Å². The van der Waals surface area contributed by atoms with Crippen molar-refractivity contribution in [3.63, 3.8) is 0 Å². The fraction of sp³-hybridized carbons (Fsp3) is 0.583. The number of anilines is 2. The van der Waals surface area contributed by atoms with E-state index in [9.17, 15) is 4.79 Å². The summed E-state index contributed by atoms with van der Waals surface area (Å²) < 4.78 is 0. The highest BCUT2D eigenvalue weighted by molar-refractivity contribution is 5.78. The standard InChI is InChI=1S/C12H19N5O/c1-3-9-15-10(14-2)6-11(16-9)17-5-4-8(7-17)12(13)18/h6,8H,3-5,7H2,1-2H3,(H2,13,18)(H,14,15,16). The molecule has 0 aromatic carbocycles. The number of nitrogens with one attached hydrogen (secondary N) is 1. The molecule has 0 saturated carbocycles. The van der Waals surface area contributed by atoms with E-state index in [0.29, 0.717) is 6.54 Å². The molecule has 0 radical (unpaired) electrons. The molecule has 1 unspecified atom stereocenters. The maximum absolute atomic E-state index is 11.2. The third-order valence-corrected chi connectivity index (χ3v) is 3.25. The molecule has 0 spiro atoms. The van der Waals surface area contributed by atoms with Crippen molar-refractivity contribution in [2.24, 2.45) is 11.7 Å². The van der Waals surface area contributed by atoms with Crippen molar-refractivity contribution in [3.05, 3.63) is 11.9 Å². The fourth-order valence-corrected chi connectivity index (χ4v) is 2.13. The molecule has 1 saturated heterocycles. The Morgan fingerprint density at radius 2 is 2.39 bits per heavy atom. The van der Waals surface area contributed by atoms with Gasteiger partial charge < -0.3 is 16.0 Å². The summed E-state index contributed by atoms with van der Waals surface area (Å²) in [4.78, 5) is 22.1. The molecular formula is C12H19N5O. The summed E-state index contributed by atoms with van der Waals surface area (Å²) in [5.41, 5.74) is 5.34. The molecular weight excluding hydrogens is 230 g/mol. The zero-order valence-corrected chi connectivity index (χ0v) is 10.8. The molecule has 1 aliphatic rings. The van der Waals surface area contributed by atoms with E-state index in [1.807, 2.05) is 20.0 Å². The maximum atomic E-state index is 11.2. The minimum absolute atomic E-state index is 0.0666. The quantitative estimate of drug-likeness (QED) is 0.806. The van der Waals surface area contributed by atoms with Gasteiger partial charge in [-0.25, -0.2) is 9.97 Å². The van der Waals surface area contributed by atoms with Gasteiger partial charge in [0.15, 0.2) is 0 Å². The van der Waals surface area contributed by atoms with Gasteiger partial charge in [0.2, 0.25) is 5.91 Å². The number of nitrogens with two attached hydrogens (primary N) is 1. The Bertz CT molecular complexity index is 426. The van der Waals surface area contributed by atoms with Gasteiger partial charge in [-0.3, -0.25) is 4.79 Å². The first-order valence-electron chi connectivity index (χ1n) is 6.24. The topological polar surface area (TPSA) is 84.1 Å². The van der Waals surface area contributed by atoms with Crippen LogP contribution < -0.4 is 16.0 Å². The molecule has 1 atom stereocenters. The van der Waals surface area contributed by atoms with Crippen LogP contribution in [0.5, 0.6) is 0 Å². The molecule has 2 rings (SSSR count). The van der Waals surface area contributed by atoms with Crippen molar-refractivity contribution in [2.75, 3.05) is 30.4 Å². The lowest BCUT2D eigenvalue weighted by atomic mass is 10.1. The first-order valence-corrected chi connectivity index (χ1v) is 6.24. The summed E-state index contributed by atoms with van der Waals surface area (Å²) in [6.07, 6.45) is 1.59. The number of amides is 1. The highest BCUT2D eigenvalue weighted by atomic mass is 16.1. The first kappa shape index (κ1) is 12.6. The van der Waals surface area contributed by atoms with Gasteiger partial charge in [0.25, 0.3) is 0 Å². The molecule has 1 amide bonds. The number of aromatic nitrogens is 2. The molecule has 0 aliphatic carbocycles. The normalized spacial score (nSPS) is 19.0. The van der Waals surface area contributed by atoms with Crippen LogP contribution in [0.1, 0.15) is 19.2 Å². The summed E-state index contributed by atoms with van der Waals surface area (Å²) in [5.74, 6) is 2.19. The Morgan fingerprint density at radius 1 is 1.61 bits per heavy atom. The van der Waals surface area contributed by atoms with Crippen molar-refractivity contribution in [1.29, 1.82) is 0 Å². The summed E-state index contributed by atoms with van der Waals surface area (Å²) in [6, 6.07) is 1.91. The van der Waals surface area contributed by atoms with Crippen LogP contribution in [0.2, 0.25) is 0 Å². The summed E-state index contributed by atoms with van der Waals surface area (Å²) >= 11 is 0. The molecule has 6 nitrogen and oxygen atoms in total. The molecule has 1 aromatic rings. The van der Waals surface area contributed by atoms with E-state index in [4.69, 9.17) is 5.73 Å². The SMILES string of the molecule is CCc1nc(NC)cc(N2CCC(C(N)=O)C2)n1. The fourth-order valence-electron chi connectivity index (χ4n) is 2.13. The lowest BCUT2D eigenvalue weighted by Crippen LogP contribution is -2.28. The number of aryl methyl sites for hydroxylation is 1. The van der Waals surface area contributed by atoms with Crippen molar-refractivity contribution in [2.45, 2.75) is 19.8 Å².